The lowest BCUT2D eigenvalue weighted by Crippen LogP contribution is -2.43. The minimum Gasteiger partial charge on any atom is -0.309 e. The largest absolute Gasteiger partial charge is 0.323 e. The van der Waals surface area contributed by atoms with Gasteiger partial charge in [-0.05, 0) is 38.1 Å². The Balaban J connectivity index is 1.56. The Labute approximate surface area is 202 Å². The van der Waals surface area contributed by atoms with Crippen molar-refractivity contribution >= 4 is 52.3 Å². The fourth-order valence-electron chi connectivity index (χ4n) is 3.71. The van der Waals surface area contributed by atoms with E-state index in [1.54, 1.807) is 32.0 Å². The van der Waals surface area contributed by atoms with Crippen LogP contribution in [0.2, 0.25) is 10.0 Å². The third-order valence-electron chi connectivity index (χ3n) is 5.55. The van der Waals surface area contributed by atoms with E-state index in [4.69, 9.17) is 23.2 Å². The predicted molar refractivity (Wildman–Crippen MR) is 124 cm³/mol. The zero-order valence-electron chi connectivity index (χ0n) is 17.8. The van der Waals surface area contributed by atoms with Gasteiger partial charge in [0.2, 0.25) is 5.82 Å². The highest BCUT2D eigenvalue weighted by molar-refractivity contribution is 6.39. The number of halogens is 3. The van der Waals surface area contributed by atoms with E-state index in [2.05, 4.69) is 20.8 Å². The van der Waals surface area contributed by atoms with Gasteiger partial charge in [-0.1, -0.05) is 29.3 Å². The Bertz CT molecular complexity index is 1320. The number of H-pyrrole nitrogens is 1. The lowest BCUT2D eigenvalue weighted by atomic mass is 10.0. The Kier molecular flexibility index (Phi) is 5.92. The summed E-state index contributed by atoms with van der Waals surface area (Å²) in [4.78, 5) is 37.3. The SMILES string of the molecule is CC1(C)c2[nH]nc(NC(=O)c3ccc(F)c([N+](=O)[O-])c3)c2CN1C(=O)Nc1c(Cl)cccc1Cl. The molecule has 4 rings (SSSR count). The fraction of sp³-hybridized carbons (Fsp3) is 0.190. The van der Waals surface area contributed by atoms with E-state index in [9.17, 15) is 24.1 Å². The van der Waals surface area contributed by atoms with E-state index in [1.807, 2.05) is 0 Å². The summed E-state index contributed by atoms with van der Waals surface area (Å²) < 4.78 is 13.6. The first-order chi connectivity index (χ1) is 16.0. The number of amides is 3. The summed E-state index contributed by atoms with van der Waals surface area (Å²) in [6.07, 6.45) is 0. The van der Waals surface area contributed by atoms with Crippen molar-refractivity contribution in [3.63, 3.8) is 0 Å². The number of para-hydroxylation sites is 1. The standard InChI is InChI=1S/C21H17Cl2FN6O4/c1-21(2)17-11(9-29(21)20(32)25-16-12(22)4-3-5-13(16)23)18(28-27-17)26-19(31)10-6-7-14(24)15(8-10)30(33)34/h3-8H,9H2,1-2H3,(H,25,32)(H2,26,27,28,31). The molecule has 1 aromatic heterocycles. The molecule has 0 saturated heterocycles. The molecule has 0 spiro atoms. The second-order valence-corrected chi connectivity index (χ2v) is 8.79. The quantitative estimate of drug-likeness (QED) is 0.326. The predicted octanol–water partition coefficient (Wildman–Crippen LogP) is 5.30. The van der Waals surface area contributed by atoms with Gasteiger partial charge in [-0.3, -0.25) is 20.0 Å². The Morgan fingerprint density at radius 3 is 2.53 bits per heavy atom. The van der Waals surface area contributed by atoms with Crippen molar-refractivity contribution in [2.24, 2.45) is 0 Å². The Hall–Kier alpha value is -3.70. The number of aromatic amines is 1. The molecule has 13 heteroatoms. The van der Waals surface area contributed by atoms with E-state index < -0.39 is 33.9 Å². The second kappa shape index (κ2) is 8.58. The van der Waals surface area contributed by atoms with Gasteiger partial charge >= 0.3 is 11.7 Å². The van der Waals surface area contributed by atoms with Crippen LogP contribution in [0.1, 0.15) is 35.5 Å². The highest BCUT2D eigenvalue weighted by Crippen LogP contribution is 2.41. The number of urea groups is 1. The van der Waals surface area contributed by atoms with Gasteiger partial charge in [0.1, 0.15) is 0 Å². The van der Waals surface area contributed by atoms with Crippen LogP contribution in [0, 0.1) is 15.9 Å². The number of carbonyl (C=O) groups is 2. The first kappa shape index (κ1) is 23.5. The number of fused-ring (bicyclic) bond motifs is 1. The number of benzene rings is 2. The summed E-state index contributed by atoms with van der Waals surface area (Å²) in [6, 6.07) is 7.18. The van der Waals surface area contributed by atoms with Crippen molar-refractivity contribution in [3.8, 4) is 0 Å². The smallest absolute Gasteiger partial charge is 0.309 e. The van der Waals surface area contributed by atoms with E-state index >= 15 is 0 Å². The number of rotatable bonds is 4. The average molecular weight is 507 g/mol. The summed E-state index contributed by atoms with van der Waals surface area (Å²) in [6.45, 7) is 3.67. The number of nitrogens with zero attached hydrogens (tertiary/aromatic N) is 3. The minimum absolute atomic E-state index is 0.0892. The molecule has 0 fully saturated rings. The summed E-state index contributed by atoms with van der Waals surface area (Å²) in [5, 5.41) is 23.7. The number of nitro groups is 1. The number of nitro benzene ring substituents is 1. The first-order valence-corrected chi connectivity index (χ1v) is 10.6. The number of anilines is 2. The monoisotopic (exact) mass is 506 g/mol. The molecule has 34 heavy (non-hydrogen) atoms. The highest BCUT2D eigenvalue weighted by atomic mass is 35.5. The Morgan fingerprint density at radius 2 is 1.88 bits per heavy atom. The van der Waals surface area contributed by atoms with Crippen molar-refractivity contribution in [3.05, 3.63) is 79.2 Å². The van der Waals surface area contributed by atoms with Gasteiger partial charge in [0.05, 0.1) is 38.4 Å². The van der Waals surface area contributed by atoms with Gasteiger partial charge < -0.3 is 15.5 Å². The second-order valence-electron chi connectivity index (χ2n) is 7.98. The molecule has 3 amide bonds. The average Bonchev–Trinajstić information content (AvgIpc) is 3.29. The minimum atomic E-state index is -1.05. The number of carbonyl (C=O) groups excluding carboxylic acids is 2. The molecule has 3 N–H and O–H groups in total. The maximum Gasteiger partial charge on any atom is 0.323 e. The van der Waals surface area contributed by atoms with Crippen molar-refractivity contribution in [2.75, 3.05) is 10.6 Å². The molecule has 3 aromatic rings. The first-order valence-electron chi connectivity index (χ1n) is 9.86. The van der Waals surface area contributed by atoms with Crippen LogP contribution in [0.4, 0.5) is 26.4 Å². The zero-order chi connectivity index (χ0) is 24.8. The summed E-state index contributed by atoms with van der Waals surface area (Å²) in [7, 11) is 0. The number of nitrogens with one attached hydrogen (secondary N) is 3. The van der Waals surface area contributed by atoms with Gasteiger partial charge in [0.25, 0.3) is 5.91 Å². The molecular formula is C21H17Cl2FN6O4. The molecule has 0 unspecified atom stereocenters. The van der Waals surface area contributed by atoms with Gasteiger partial charge in [-0.15, -0.1) is 0 Å². The fourth-order valence-corrected chi connectivity index (χ4v) is 4.20. The molecule has 1 aliphatic rings. The number of hydrogen-bond donors (Lipinski definition) is 3. The van der Waals surface area contributed by atoms with Crippen LogP contribution in [0.5, 0.6) is 0 Å². The van der Waals surface area contributed by atoms with Crippen LogP contribution in [-0.4, -0.2) is 32.0 Å². The number of aromatic nitrogens is 2. The van der Waals surface area contributed by atoms with Crippen LogP contribution in [-0.2, 0) is 12.1 Å². The summed E-state index contributed by atoms with van der Waals surface area (Å²) >= 11 is 12.3. The summed E-state index contributed by atoms with van der Waals surface area (Å²) in [5.41, 5.74) is -0.361. The van der Waals surface area contributed by atoms with Crippen molar-refractivity contribution in [1.29, 1.82) is 0 Å². The van der Waals surface area contributed by atoms with Crippen LogP contribution in [0.15, 0.2) is 36.4 Å². The summed E-state index contributed by atoms with van der Waals surface area (Å²) in [5.74, 6) is -1.63. The highest BCUT2D eigenvalue weighted by Gasteiger charge is 2.44. The zero-order valence-corrected chi connectivity index (χ0v) is 19.3. The maximum absolute atomic E-state index is 13.6. The van der Waals surface area contributed by atoms with E-state index in [0.29, 0.717) is 11.3 Å². The molecule has 0 radical (unpaired) electrons. The van der Waals surface area contributed by atoms with Crippen molar-refractivity contribution in [1.82, 2.24) is 15.1 Å². The Morgan fingerprint density at radius 1 is 1.21 bits per heavy atom. The molecule has 0 atom stereocenters. The molecule has 176 valence electrons. The van der Waals surface area contributed by atoms with E-state index in [-0.39, 0.29) is 33.7 Å². The molecule has 0 saturated carbocycles. The maximum atomic E-state index is 13.6. The van der Waals surface area contributed by atoms with Crippen LogP contribution >= 0.6 is 23.2 Å². The lowest BCUT2D eigenvalue weighted by molar-refractivity contribution is -0.387. The topological polar surface area (TPSA) is 133 Å². The van der Waals surface area contributed by atoms with Gasteiger partial charge in [0.15, 0.2) is 5.82 Å². The lowest BCUT2D eigenvalue weighted by Gasteiger charge is -2.32. The third-order valence-corrected chi connectivity index (χ3v) is 6.18. The molecule has 0 bridgehead atoms. The van der Waals surface area contributed by atoms with Gasteiger partial charge in [0, 0.05) is 17.2 Å². The van der Waals surface area contributed by atoms with E-state index in [1.165, 1.54) is 4.90 Å². The third kappa shape index (κ3) is 4.03. The normalized spacial score (nSPS) is 14.0. The van der Waals surface area contributed by atoms with E-state index in [0.717, 1.165) is 18.2 Å². The van der Waals surface area contributed by atoms with Gasteiger partial charge in [-0.25, -0.2) is 4.79 Å². The molecule has 2 aromatic carbocycles. The van der Waals surface area contributed by atoms with Crippen molar-refractivity contribution in [2.45, 2.75) is 25.9 Å². The van der Waals surface area contributed by atoms with Crippen LogP contribution in [0.25, 0.3) is 0 Å². The van der Waals surface area contributed by atoms with Crippen molar-refractivity contribution < 1.29 is 18.9 Å². The molecule has 0 aliphatic carbocycles. The van der Waals surface area contributed by atoms with Gasteiger partial charge in [-0.2, -0.15) is 9.49 Å². The number of hydrogen-bond acceptors (Lipinski definition) is 5. The molecular weight excluding hydrogens is 490 g/mol. The molecule has 10 nitrogen and oxygen atoms in total. The van der Waals surface area contributed by atoms with Crippen LogP contribution < -0.4 is 10.6 Å². The van der Waals surface area contributed by atoms with Crippen LogP contribution in [0.3, 0.4) is 0 Å². The molecule has 1 aliphatic heterocycles. The molecule has 2 heterocycles.